The number of carbonyl (C=O) groups is 2. The zero-order chi connectivity index (χ0) is 15.9. The predicted molar refractivity (Wildman–Crippen MR) is 89.1 cm³/mol. The Labute approximate surface area is 140 Å². The molecule has 0 bridgehead atoms. The van der Waals surface area contributed by atoms with Crippen LogP contribution in [0.1, 0.15) is 10.4 Å². The number of carbonyl (C=O) groups excluding carboxylic acids is 2. The molecule has 2 rings (SSSR count). The Bertz CT molecular complexity index is 694. The van der Waals surface area contributed by atoms with Gasteiger partial charge in [-0.25, -0.2) is 9.78 Å². The average Bonchev–Trinajstić information content (AvgIpc) is 2.52. The Morgan fingerprint density at radius 2 is 2.14 bits per heavy atom. The maximum atomic E-state index is 12.0. The minimum atomic E-state index is -0.568. The van der Waals surface area contributed by atoms with Crippen molar-refractivity contribution in [2.45, 2.75) is 5.03 Å². The van der Waals surface area contributed by atoms with Crippen molar-refractivity contribution in [3.05, 3.63) is 52.6 Å². The molecule has 1 heterocycles. The lowest BCUT2D eigenvalue weighted by Crippen LogP contribution is -2.21. The van der Waals surface area contributed by atoms with Crippen LogP contribution in [-0.4, -0.2) is 29.7 Å². The highest BCUT2D eigenvalue weighted by Gasteiger charge is 2.14. The summed E-state index contributed by atoms with van der Waals surface area (Å²) in [7, 11) is 0. The maximum absolute atomic E-state index is 12.0. The second kappa shape index (κ2) is 7.95. The van der Waals surface area contributed by atoms with Crippen molar-refractivity contribution in [3.63, 3.8) is 0 Å². The van der Waals surface area contributed by atoms with E-state index in [2.05, 4.69) is 26.2 Å². The fourth-order valence-electron chi connectivity index (χ4n) is 1.68. The van der Waals surface area contributed by atoms with Crippen LogP contribution in [0, 0.1) is 0 Å². The lowest BCUT2D eigenvalue weighted by molar-refractivity contribution is -0.119. The Morgan fingerprint density at radius 1 is 1.32 bits per heavy atom. The van der Waals surface area contributed by atoms with Crippen LogP contribution in [0.15, 0.2) is 52.1 Å². The van der Waals surface area contributed by atoms with Crippen LogP contribution in [0.2, 0.25) is 0 Å². The molecule has 22 heavy (non-hydrogen) atoms. The van der Waals surface area contributed by atoms with E-state index in [0.717, 1.165) is 4.47 Å². The molecule has 0 aliphatic carbocycles. The standard InChI is InChI=1S/C15H13BrN2O3S/c1-22-14-12(6-3-7-17-14)15(20)21-9-13(19)18-11-5-2-4-10(16)8-11/h2-8H,9H2,1H3,(H,18,19). The number of nitrogens with zero attached hydrogens (tertiary/aromatic N) is 1. The number of esters is 1. The Hall–Kier alpha value is -1.86. The van der Waals surface area contributed by atoms with Gasteiger partial charge in [0.25, 0.3) is 5.91 Å². The molecule has 0 aliphatic rings. The van der Waals surface area contributed by atoms with E-state index in [1.54, 1.807) is 36.5 Å². The van der Waals surface area contributed by atoms with Gasteiger partial charge in [0.2, 0.25) is 0 Å². The van der Waals surface area contributed by atoms with Crippen molar-refractivity contribution in [2.75, 3.05) is 18.2 Å². The Morgan fingerprint density at radius 3 is 2.86 bits per heavy atom. The molecule has 0 fully saturated rings. The van der Waals surface area contributed by atoms with Gasteiger partial charge in [-0.05, 0) is 36.6 Å². The molecular weight excluding hydrogens is 368 g/mol. The first kappa shape index (κ1) is 16.5. The van der Waals surface area contributed by atoms with E-state index in [4.69, 9.17) is 4.74 Å². The highest BCUT2D eigenvalue weighted by atomic mass is 79.9. The minimum Gasteiger partial charge on any atom is -0.452 e. The van der Waals surface area contributed by atoms with Crippen molar-refractivity contribution in [3.8, 4) is 0 Å². The number of pyridine rings is 1. The number of rotatable bonds is 5. The first-order valence-electron chi connectivity index (χ1n) is 6.31. The summed E-state index contributed by atoms with van der Waals surface area (Å²) in [4.78, 5) is 27.8. The van der Waals surface area contributed by atoms with E-state index < -0.39 is 11.9 Å². The summed E-state index contributed by atoms with van der Waals surface area (Å²) in [6.45, 7) is -0.353. The molecule has 7 heteroatoms. The van der Waals surface area contributed by atoms with Crippen molar-refractivity contribution in [1.82, 2.24) is 4.98 Å². The quantitative estimate of drug-likeness (QED) is 0.636. The summed E-state index contributed by atoms with van der Waals surface area (Å²) in [6, 6.07) is 10.4. The maximum Gasteiger partial charge on any atom is 0.341 e. The molecule has 5 nitrogen and oxygen atoms in total. The lowest BCUT2D eigenvalue weighted by atomic mass is 10.3. The van der Waals surface area contributed by atoms with E-state index >= 15 is 0 Å². The van der Waals surface area contributed by atoms with E-state index in [-0.39, 0.29) is 6.61 Å². The average molecular weight is 381 g/mol. The normalized spacial score (nSPS) is 10.1. The molecule has 2 aromatic rings. The van der Waals surface area contributed by atoms with Crippen LogP contribution in [-0.2, 0) is 9.53 Å². The van der Waals surface area contributed by atoms with Crippen molar-refractivity contribution < 1.29 is 14.3 Å². The zero-order valence-electron chi connectivity index (χ0n) is 11.7. The van der Waals surface area contributed by atoms with Gasteiger partial charge in [0.15, 0.2) is 6.61 Å². The Kier molecular flexibility index (Phi) is 5.97. The third-order valence-electron chi connectivity index (χ3n) is 2.63. The van der Waals surface area contributed by atoms with E-state index in [1.807, 2.05) is 12.3 Å². The molecule has 0 saturated carbocycles. The fourth-order valence-corrected chi connectivity index (χ4v) is 2.62. The number of anilines is 1. The van der Waals surface area contributed by atoms with Crippen molar-refractivity contribution in [2.24, 2.45) is 0 Å². The molecule has 1 amide bonds. The molecule has 0 radical (unpaired) electrons. The molecule has 1 aromatic heterocycles. The molecule has 0 spiro atoms. The van der Waals surface area contributed by atoms with Crippen LogP contribution in [0.5, 0.6) is 0 Å². The third kappa shape index (κ3) is 4.57. The summed E-state index contributed by atoms with van der Waals surface area (Å²) in [5, 5.41) is 3.22. The Balaban J connectivity index is 1.92. The summed E-state index contributed by atoms with van der Waals surface area (Å²) in [5.41, 5.74) is 0.979. The van der Waals surface area contributed by atoms with Crippen LogP contribution in [0.4, 0.5) is 5.69 Å². The summed E-state index contributed by atoms with van der Waals surface area (Å²) in [6.07, 6.45) is 3.42. The molecule has 0 atom stereocenters. The molecule has 0 saturated heterocycles. The molecular formula is C15H13BrN2O3S. The predicted octanol–water partition coefficient (Wildman–Crippen LogP) is 3.36. The highest BCUT2D eigenvalue weighted by molar-refractivity contribution is 9.10. The first-order valence-corrected chi connectivity index (χ1v) is 8.33. The smallest absolute Gasteiger partial charge is 0.341 e. The number of hydrogen-bond acceptors (Lipinski definition) is 5. The van der Waals surface area contributed by atoms with Gasteiger partial charge in [0, 0.05) is 16.4 Å². The van der Waals surface area contributed by atoms with Gasteiger partial charge >= 0.3 is 5.97 Å². The van der Waals surface area contributed by atoms with Crippen molar-refractivity contribution in [1.29, 1.82) is 0 Å². The first-order chi connectivity index (χ1) is 10.6. The number of thioether (sulfide) groups is 1. The van der Waals surface area contributed by atoms with Gasteiger partial charge in [-0.15, -0.1) is 11.8 Å². The molecule has 114 valence electrons. The van der Waals surface area contributed by atoms with Crippen LogP contribution < -0.4 is 5.32 Å². The largest absolute Gasteiger partial charge is 0.452 e. The number of nitrogens with one attached hydrogen (secondary N) is 1. The topological polar surface area (TPSA) is 68.3 Å². The van der Waals surface area contributed by atoms with E-state index in [9.17, 15) is 9.59 Å². The minimum absolute atomic E-state index is 0.352. The molecule has 0 aliphatic heterocycles. The summed E-state index contributed by atoms with van der Waals surface area (Å²) < 4.78 is 5.87. The van der Waals surface area contributed by atoms with E-state index in [0.29, 0.717) is 16.3 Å². The van der Waals surface area contributed by atoms with Crippen LogP contribution in [0.25, 0.3) is 0 Å². The molecule has 1 aromatic carbocycles. The number of amides is 1. The number of ether oxygens (including phenoxy) is 1. The summed E-state index contributed by atoms with van der Waals surface area (Å²) in [5.74, 6) is -0.970. The van der Waals surface area contributed by atoms with Gasteiger partial charge in [-0.2, -0.15) is 0 Å². The number of hydrogen-bond donors (Lipinski definition) is 1. The van der Waals surface area contributed by atoms with Gasteiger partial charge in [0.05, 0.1) is 5.56 Å². The van der Waals surface area contributed by atoms with Crippen LogP contribution >= 0.6 is 27.7 Å². The second-order valence-corrected chi connectivity index (χ2v) is 5.91. The molecule has 1 N–H and O–H groups in total. The fraction of sp³-hybridized carbons (Fsp3) is 0.133. The number of halogens is 1. The molecule has 0 unspecified atom stereocenters. The van der Waals surface area contributed by atoms with Gasteiger partial charge in [-0.1, -0.05) is 22.0 Å². The SMILES string of the molecule is CSc1ncccc1C(=O)OCC(=O)Nc1cccc(Br)c1. The van der Waals surface area contributed by atoms with Crippen molar-refractivity contribution >= 4 is 45.3 Å². The number of aromatic nitrogens is 1. The third-order valence-corrected chi connectivity index (χ3v) is 3.83. The van der Waals surface area contributed by atoms with Gasteiger partial charge in [0.1, 0.15) is 5.03 Å². The van der Waals surface area contributed by atoms with Gasteiger partial charge < -0.3 is 10.1 Å². The van der Waals surface area contributed by atoms with Crippen LogP contribution in [0.3, 0.4) is 0 Å². The summed E-state index contributed by atoms with van der Waals surface area (Å²) >= 11 is 4.66. The second-order valence-electron chi connectivity index (χ2n) is 4.19. The van der Waals surface area contributed by atoms with Gasteiger partial charge in [-0.3, -0.25) is 4.79 Å². The highest BCUT2D eigenvalue weighted by Crippen LogP contribution is 2.18. The lowest BCUT2D eigenvalue weighted by Gasteiger charge is -2.08. The monoisotopic (exact) mass is 380 g/mol. The number of benzene rings is 1. The van der Waals surface area contributed by atoms with E-state index in [1.165, 1.54) is 11.8 Å². The zero-order valence-corrected chi connectivity index (χ0v) is 14.1.